The van der Waals surface area contributed by atoms with Crippen molar-refractivity contribution in [1.82, 2.24) is 15.3 Å². The number of benzene rings is 1. The van der Waals surface area contributed by atoms with Crippen LogP contribution in [-0.4, -0.2) is 15.9 Å². The molecule has 0 aliphatic heterocycles. The van der Waals surface area contributed by atoms with E-state index in [1.54, 1.807) is 19.3 Å². The van der Waals surface area contributed by atoms with Crippen LogP contribution >= 0.6 is 11.6 Å². The molecule has 4 nitrogen and oxygen atoms in total. The number of aromatic nitrogens is 2. The highest BCUT2D eigenvalue weighted by molar-refractivity contribution is 6.33. The molecule has 19 heavy (non-hydrogen) atoms. The van der Waals surface area contributed by atoms with Crippen molar-refractivity contribution in [3.8, 4) is 0 Å². The first-order valence-corrected chi connectivity index (χ1v) is 5.81. The summed E-state index contributed by atoms with van der Waals surface area (Å²) in [5.74, 6) is -2.28. The summed E-state index contributed by atoms with van der Waals surface area (Å²) in [6.45, 7) is 1.70. The lowest BCUT2D eigenvalue weighted by Crippen LogP contribution is -2.27. The SMILES string of the molecule is CC(NC(=O)c1cc(F)c(F)cc1Cl)c1ncc[nH]1. The van der Waals surface area contributed by atoms with Crippen LogP contribution in [0.1, 0.15) is 29.1 Å². The summed E-state index contributed by atoms with van der Waals surface area (Å²) >= 11 is 5.71. The number of hydrogen-bond donors (Lipinski definition) is 2. The molecule has 0 spiro atoms. The zero-order chi connectivity index (χ0) is 14.0. The minimum absolute atomic E-state index is 0.126. The van der Waals surface area contributed by atoms with Crippen LogP contribution in [0.4, 0.5) is 8.78 Å². The topological polar surface area (TPSA) is 57.8 Å². The molecule has 1 atom stereocenters. The Morgan fingerprint density at radius 1 is 1.42 bits per heavy atom. The molecule has 1 aromatic heterocycles. The second-order valence-corrected chi connectivity index (χ2v) is 4.32. The fourth-order valence-corrected chi connectivity index (χ4v) is 1.79. The highest BCUT2D eigenvalue weighted by atomic mass is 35.5. The maximum atomic E-state index is 13.1. The van der Waals surface area contributed by atoms with Gasteiger partial charge in [0.1, 0.15) is 5.82 Å². The summed E-state index contributed by atoms with van der Waals surface area (Å²) in [6, 6.07) is 1.12. The maximum absolute atomic E-state index is 13.1. The van der Waals surface area contributed by atoms with Crippen molar-refractivity contribution in [2.45, 2.75) is 13.0 Å². The molecule has 0 saturated heterocycles. The van der Waals surface area contributed by atoms with Gasteiger partial charge in [0, 0.05) is 12.4 Å². The summed E-state index contributed by atoms with van der Waals surface area (Å²) in [5.41, 5.74) is -0.126. The molecular formula is C12H10ClF2N3O. The average molecular weight is 286 g/mol. The van der Waals surface area contributed by atoms with Crippen LogP contribution < -0.4 is 5.32 Å². The van der Waals surface area contributed by atoms with E-state index in [1.807, 2.05) is 0 Å². The predicted molar refractivity (Wildman–Crippen MR) is 65.8 cm³/mol. The number of rotatable bonds is 3. The molecule has 1 unspecified atom stereocenters. The third kappa shape index (κ3) is 2.90. The van der Waals surface area contributed by atoms with Crippen molar-refractivity contribution >= 4 is 17.5 Å². The highest BCUT2D eigenvalue weighted by Crippen LogP contribution is 2.20. The van der Waals surface area contributed by atoms with Crippen LogP contribution in [0.25, 0.3) is 0 Å². The van der Waals surface area contributed by atoms with Gasteiger partial charge in [-0.05, 0) is 19.1 Å². The summed E-state index contributed by atoms with van der Waals surface area (Å²) in [6.07, 6.45) is 3.16. The zero-order valence-corrected chi connectivity index (χ0v) is 10.6. The molecule has 0 aliphatic carbocycles. The van der Waals surface area contributed by atoms with Gasteiger partial charge in [-0.1, -0.05) is 11.6 Å². The van der Waals surface area contributed by atoms with Crippen molar-refractivity contribution < 1.29 is 13.6 Å². The normalized spacial score (nSPS) is 12.2. The van der Waals surface area contributed by atoms with E-state index < -0.39 is 23.6 Å². The summed E-state index contributed by atoms with van der Waals surface area (Å²) in [5, 5.41) is 2.43. The van der Waals surface area contributed by atoms with Crippen molar-refractivity contribution in [3.63, 3.8) is 0 Å². The Kier molecular flexibility index (Phi) is 3.80. The molecule has 0 saturated carbocycles. The second kappa shape index (κ2) is 5.36. The van der Waals surface area contributed by atoms with E-state index in [0.29, 0.717) is 5.82 Å². The fourth-order valence-electron chi connectivity index (χ4n) is 1.55. The van der Waals surface area contributed by atoms with Gasteiger partial charge in [0.05, 0.1) is 16.6 Å². The number of H-pyrrole nitrogens is 1. The molecule has 2 N–H and O–H groups in total. The summed E-state index contributed by atoms with van der Waals surface area (Å²) in [4.78, 5) is 18.7. The van der Waals surface area contributed by atoms with Gasteiger partial charge < -0.3 is 10.3 Å². The first-order valence-electron chi connectivity index (χ1n) is 5.43. The first kappa shape index (κ1) is 13.5. The molecule has 0 bridgehead atoms. The van der Waals surface area contributed by atoms with Crippen molar-refractivity contribution in [1.29, 1.82) is 0 Å². The smallest absolute Gasteiger partial charge is 0.253 e. The van der Waals surface area contributed by atoms with Crippen LogP contribution in [0, 0.1) is 11.6 Å². The lowest BCUT2D eigenvalue weighted by Gasteiger charge is -2.12. The Balaban J connectivity index is 2.19. The second-order valence-electron chi connectivity index (χ2n) is 3.92. The van der Waals surface area contributed by atoms with Gasteiger partial charge in [-0.25, -0.2) is 13.8 Å². The quantitative estimate of drug-likeness (QED) is 0.852. The molecule has 1 amide bonds. The Bertz CT molecular complexity index is 601. The lowest BCUT2D eigenvalue weighted by molar-refractivity contribution is 0.0938. The van der Waals surface area contributed by atoms with Gasteiger partial charge in [0.2, 0.25) is 0 Å². The molecule has 100 valence electrons. The number of halogens is 3. The number of nitrogens with one attached hydrogen (secondary N) is 2. The predicted octanol–water partition coefficient (Wildman–Crippen LogP) is 2.83. The molecule has 1 aromatic carbocycles. The summed E-state index contributed by atoms with van der Waals surface area (Å²) in [7, 11) is 0. The first-order chi connectivity index (χ1) is 8.99. The number of hydrogen-bond acceptors (Lipinski definition) is 2. The minimum Gasteiger partial charge on any atom is -0.347 e. The standard InChI is InChI=1S/C12H10ClF2N3O/c1-6(11-16-2-3-17-11)18-12(19)7-4-9(14)10(15)5-8(7)13/h2-6H,1H3,(H,16,17)(H,18,19). The van der Waals surface area contributed by atoms with E-state index >= 15 is 0 Å². The largest absolute Gasteiger partial charge is 0.347 e. The summed E-state index contributed by atoms with van der Waals surface area (Å²) < 4.78 is 26.0. The monoisotopic (exact) mass is 285 g/mol. The number of amides is 1. The number of imidazole rings is 1. The van der Waals surface area contributed by atoms with E-state index in [2.05, 4.69) is 15.3 Å². The third-order valence-corrected chi connectivity index (χ3v) is 2.84. The van der Waals surface area contributed by atoms with E-state index in [-0.39, 0.29) is 10.6 Å². The number of nitrogens with zero attached hydrogens (tertiary/aromatic N) is 1. The Morgan fingerprint density at radius 2 is 2.11 bits per heavy atom. The van der Waals surface area contributed by atoms with Crippen LogP contribution in [0.5, 0.6) is 0 Å². The number of carbonyl (C=O) groups is 1. The van der Waals surface area contributed by atoms with Crippen LogP contribution in [0.15, 0.2) is 24.5 Å². The fraction of sp³-hybridized carbons (Fsp3) is 0.167. The molecule has 2 aromatic rings. The van der Waals surface area contributed by atoms with Gasteiger partial charge in [-0.3, -0.25) is 4.79 Å². The Morgan fingerprint density at radius 3 is 2.74 bits per heavy atom. The average Bonchev–Trinajstić information content (AvgIpc) is 2.87. The van der Waals surface area contributed by atoms with Gasteiger partial charge >= 0.3 is 0 Å². The number of aromatic amines is 1. The molecule has 7 heteroatoms. The third-order valence-electron chi connectivity index (χ3n) is 2.53. The highest BCUT2D eigenvalue weighted by Gasteiger charge is 2.18. The van der Waals surface area contributed by atoms with E-state index in [4.69, 9.17) is 11.6 Å². The molecule has 0 fully saturated rings. The van der Waals surface area contributed by atoms with Gasteiger partial charge in [-0.2, -0.15) is 0 Å². The molecule has 1 heterocycles. The zero-order valence-electron chi connectivity index (χ0n) is 9.88. The van der Waals surface area contributed by atoms with Gasteiger partial charge in [0.25, 0.3) is 5.91 Å². The van der Waals surface area contributed by atoms with E-state index in [9.17, 15) is 13.6 Å². The Hall–Kier alpha value is -1.95. The van der Waals surface area contributed by atoms with Gasteiger partial charge in [-0.15, -0.1) is 0 Å². The van der Waals surface area contributed by atoms with E-state index in [1.165, 1.54) is 0 Å². The minimum atomic E-state index is -1.12. The Labute approximate surface area is 112 Å². The number of carbonyl (C=O) groups excluding carboxylic acids is 1. The van der Waals surface area contributed by atoms with Crippen molar-refractivity contribution in [2.24, 2.45) is 0 Å². The van der Waals surface area contributed by atoms with Crippen molar-refractivity contribution in [3.05, 3.63) is 52.6 Å². The van der Waals surface area contributed by atoms with Crippen LogP contribution in [0.2, 0.25) is 5.02 Å². The van der Waals surface area contributed by atoms with Crippen LogP contribution in [0.3, 0.4) is 0 Å². The van der Waals surface area contributed by atoms with Gasteiger partial charge in [0.15, 0.2) is 11.6 Å². The van der Waals surface area contributed by atoms with Crippen LogP contribution in [-0.2, 0) is 0 Å². The van der Waals surface area contributed by atoms with Crippen molar-refractivity contribution in [2.75, 3.05) is 0 Å². The molecule has 2 rings (SSSR count). The maximum Gasteiger partial charge on any atom is 0.253 e. The lowest BCUT2D eigenvalue weighted by atomic mass is 10.2. The molecule has 0 radical (unpaired) electrons. The molecule has 0 aliphatic rings. The molecular weight excluding hydrogens is 276 g/mol. The van der Waals surface area contributed by atoms with E-state index in [0.717, 1.165) is 12.1 Å².